The molecule has 3 aliphatic heterocycles. The molecule has 32 heavy (non-hydrogen) atoms. The molecule has 5 aliphatic rings. The Morgan fingerprint density at radius 3 is 2.22 bits per heavy atom. The van der Waals surface area contributed by atoms with Crippen LogP contribution >= 0.6 is 0 Å². The van der Waals surface area contributed by atoms with Crippen LogP contribution in [-0.2, 0) is 14.8 Å². The molecule has 2 aliphatic carbocycles. The number of carbonyl (C=O) groups is 3. The van der Waals surface area contributed by atoms with Crippen LogP contribution in [-0.4, -0.2) is 63.8 Å². The molecule has 1 spiro atoms. The third-order valence-corrected chi connectivity index (χ3v) is 11.5. The highest BCUT2D eigenvalue weighted by Crippen LogP contribution is 2.70. The predicted octanol–water partition coefficient (Wildman–Crippen LogP) is 2.03. The Balaban J connectivity index is 1.36. The summed E-state index contributed by atoms with van der Waals surface area (Å²) in [6, 6.07) is 5.75. The summed E-state index contributed by atoms with van der Waals surface area (Å²) >= 11 is 0. The van der Waals surface area contributed by atoms with Crippen LogP contribution < -0.4 is 0 Å². The molecule has 3 amide bonds. The SMILES string of the molecule is C[C@@H]1N(N2C(=O)c3ccccc3C2=O)[C@]1(C)C(=O)N1[C@@H]2C[C@H]3CC[C@]2(CS1(=O)=O)C3(C)C. The van der Waals surface area contributed by atoms with Gasteiger partial charge in [-0.1, -0.05) is 26.0 Å². The number of amides is 3. The first kappa shape index (κ1) is 20.4. The topological polar surface area (TPSA) is 94.8 Å². The van der Waals surface area contributed by atoms with Gasteiger partial charge >= 0.3 is 0 Å². The third kappa shape index (κ3) is 1.99. The van der Waals surface area contributed by atoms with Gasteiger partial charge in [-0.3, -0.25) is 14.4 Å². The van der Waals surface area contributed by atoms with Crippen molar-refractivity contribution in [2.24, 2.45) is 16.7 Å². The number of hydrogen-bond donors (Lipinski definition) is 0. The van der Waals surface area contributed by atoms with Gasteiger partial charge in [0.25, 0.3) is 17.7 Å². The minimum atomic E-state index is -3.79. The molecule has 2 bridgehead atoms. The van der Waals surface area contributed by atoms with Crippen LogP contribution in [0.3, 0.4) is 0 Å². The van der Waals surface area contributed by atoms with Gasteiger partial charge in [-0.25, -0.2) is 17.7 Å². The number of sulfonamides is 1. The van der Waals surface area contributed by atoms with Crippen LogP contribution in [0.25, 0.3) is 0 Å². The van der Waals surface area contributed by atoms with E-state index in [2.05, 4.69) is 13.8 Å². The van der Waals surface area contributed by atoms with Crippen molar-refractivity contribution in [3.8, 4) is 0 Å². The molecule has 9 heteroatoms. The van der Waals surface area contributed by atoms with Crippen molar-refractivity contribution < 1.29 is 22.8 Å². The first-order valence-electron chi connectivity index (χ1n) is 11.2. The van der Waals surface area contributed by atoms with Crippen molar-refractivity contribution in [1.29, 1.82) is 0 Å². The van der Waals surface area contributed by atoms with Gasteiger partial charge in [0.05, 0.1) is 29.0 Å². The van der Waals surface area contributed by atoms with Crippen molar-refractivity contribution >= 4 is 27.7 Å². The summed E-state index contributed by atoms with van der Waals surface area (Å²) in [5.74, 6) is -1.08. The van der Waals surface area contributed by atoms with E-state index in [1.165, 1.54) is 5.01 Å². The summed E-state index contributed by atoms with van der Waals surface area (Å²) in [4.78, 5) is 39.9. The number of fused-ring (bicyclic) bond motifs is 2. The average molecular weight is 458 g/mol. The second kappa shape index (κ2) is 5.62. The van der Waals surface area contributed by atoms with E-state index in [4.69, 9.17) is 0 Å². The van der Waals surface area contributed by atoms with Crippen molar-refractivity contribution in [2.45, 2.75) is 64.6 Å². The molecule has 4 fully saturated rings. The zero-order valence-electron chi connectivity index (χ0n) is 18.7. The normalized spacial score (nSPS) is 42.4. The molecule has 0 N–H and O–H groups in total. The summed E-state index contributed by atoms with van der Waals surface area (Å²) in [5, 5.41) is 2.48. The molecule has 6 atom stereocenters. The highest BCUT2D eigenvalue weighted by atomic mass is 32.2. The number of hydrazine groups is 1. The highest BCUT2D eigenvalue weighted by molar-refractivity contribution is 7.90. The quantitative estimate of drug-likeness (QED) is 0.498. The standard InChI is InChI=1S/C23H27N3O5S/c1-13-22(4,26(13)24-18(27)15-7-5-6-8-16(15)19(24)28)20(29)25-17-11-14-9-10-23(17,21(14,2)3)12-32(25,30)31/h5-8,13-14,17H,9-12H2,1-4H3/t13-,14+,17+,22-,23+,26?/m0/s1. The molecule has 1 aromatic carbocycles. The number of benzene rings is 1. The first-order chi connectivity index (χ1) is 14.9. The number of hydrogen-bond acceptors (Lipinski definition) is 6. The summed E-state index contributed by atoms with van der Waals surface area (Å²) in [6.45, 7) is 7.68. The van der Waals surface area contributed by atoms with Crippen LogP contribution in [0, 0.1) is 16.7 Å². The molecule has 170 valence electrons. The number of rotatable bonds is 2. The van der Waals surface area contributed by atoms with E-state index in [1.54, 1.807) is 38.1 Å². The van der Waals surface area contributed by atoms with E-state index in [0.717, 1.165) is 22.2 Å². The molecule has 2 saturated heterocycles. The van der Waals surface area contributed by atoms with Crippen LogP contribution in [0.2, 0.25) is 0 Å². The predicted molar refractivity (Wildman–Crippen MR) is 115 cm³/mol. The van der Waals surface area contributed by atoms with E-state index in [-0.39, 0.29) is 17.2 Å². The first-order valence-corrected chi connectivity index (χ1v) is 12.8. The summed E-state index contributed by atoms with van der Waals surface area (Å²) in [6.07, 6.45) is 2.50. The monoisotopic (exact) mass is 457 g/mol. The lowest BCUT2D eigenvalue weighted by Gasteiger charge is -2.37. The minimum absolute atomic E-state index is 0.00259. The molecular weight excluding hydrogens is 430 g/mol. The Morgan fingerprint density at radius 1 is 1.06 bits per heavy atom. The molecule has 8 nitrogen and oxygen atoms in total. The zero-order chi connectivity index (χ0) is 23.0. The zero-order valence-corrected chi connectivity index (χ0v) is 19.5. The van der Waals surface area contributed by atoms with Gasteiger partial charge in [0.2, 0.25) is 10.0 Å². The fraction of sp³-hybridized carbons (Fsp3) is 0.609. The highest BCUT2D eigenvalue weighted by Gasteiger charge is 2.76. The van der Waals surface area contributed by atoms with Crippen molar-refractivity contribution in [3.63, 3.8) is 0 Å². The Hall–Kier alpha value is -2.26. The van der Waals surface area contributed by atoms with Crippen molar-refractivity contribution in [2.75, 3.05) is 5.75 Å². The molecule has 1 unspecified atom stereocenters. The lowest BCUT2D eigenvalue weighted by molar-refractivity contribution is -0.133. The maximum atomic E-state index is 13.9. The smallest absolute Gasteiger partial charge is 0.271 e. The largest absolute Gasteiger partial charge is 0.276 e. The fourth-order valence-corrected chi connectivity index (χ4v) is 9.96. The van der Waals surface area contributed by atoms with Crippen LogP contribution in [0.5, 0.6) is 0 Å². The van der Waals surface area contributed by atoms with Crippen LogP contribution in [0.15, 0.2) is 24.3 Å². The van der Waals surface area contributed by atoms with E-state index in [9.17, 15) is 22.8 Å². The second-order valence-corrected chi connectivity index (χ2v) is 12.7. The minimum Gasteiger partial charge on any atom is -0.271 e. The third-order valence-electron chi connectivity index (χ3n) is 9.62. The Morgan fingerprint density at radius 2 is 1.66 bits per heavy atom. The maximum absolute atomic E-state index is 13.9. The van der Waals surface area contributed by atoms with Gasteiger partial charge in [0.15, 0.2) is 0 Å². The van der Waals surface area contributed by atoms with Crippen LogP contribution in [0.4, 0.5) is 0 Å². The Kier molecular flexibility index (Phi) is 3.57. The number of carbonyl (C=O) groups excluding carboxylic acids is 3. The van der Waals surface area contributed by atoms with E-state index in [0.29, 0.717) is 23.5 Å². The van der Waals surface area contributed by atoms with Crippen molar-refractivity contribution in [3.05, 3.63) is 35.4 Å². The van der Waals surface area contributed by atoms with Gasteiger partial charge in [-0.15, -0.1) is 0 Å². The molecule has 2 saturated carbocycles. The Labute approximate surface area is 187 Å². The molecule has 0 radical (unpaired) electrons. The summed E-state index contributed by atoms with van der Waals surface area (Å²) in [7, 11) is -3.79. The Bertz CT molecular complexity index is 1190. The fourth-order valence-electron chi connectivity index (χ4n) is 7.34. The van der Waals surface area contributed by atoms with Gasteiger partial charge in [0, 0.05) is 5.41 Å². The van der Waals surface area contributed by atoms with Gasteiger partial charge < -0.3 is 0 Å². The maximum Gasteiger partial charge on any atom is 0.276 e. The molecular formula is C23H27N3O5S. The van der Waals surface area contributed by atoms with E-state index in [1.807, 2.05) is 0 Å². The van der Waals surface area contributed by atoms with Gasteiger partial charge in [-0.05, 0) is 56.6 Å². The van der Waals surface area contributed by atoms with E-state index < -0.39 is 44.7 Å². The molecule has 1 aromatic rings. The lowest BCUT2D eigenvalue weighted by atomic mass is 9.69. The average Bonchev–Trinajstić information content (AvgIpc) is 2.95. The summed E-state index contributed by atoms with van der Waals surface area (Å²) in [5.41, 5.74) is -1.22. The van der Waals surface area contributed by atoms with E-state index >= 15 is 0 Å². The molecule has 3 heterocycles. The van der Waals surface area contributed by atoms with Crippen LogP contribution in [0.1, 0.15) is 67.7 Å². The number of nitrogens with zero attached hydrogens (tertiary/aromatic N) is 3. The second-order valence-electron chi connectivity index (χ2n) is 10.9. The van der Waals surface area contributed by atoms with Gasteiger partial charge in [0.1, 0.15) is 5.54 Å². The summed E-state index contributed by atoms with van der Waals surface area (Å²) < 4.78 is 27.8. The van der Waals surface area contributed by atoms with Gasteiger partial charge in [-0.2, -0.15) is 5.01 Å². The number of imide groups is 1. The van der Waals surface area contributed by atoms with Crippen molar-refractivity contribution in [1.82, 2.24) is 14.3 Å². The molecule has 0 aromatic heterocycles. The lowest BCUT2D eigenvalue weighted by Crippen LogP contribution is -2.51. The molecule has 6 rings (SSSR count).